The first kappa shape index (κ1) is 16.2. The molecule has 0 heterocycles. The smallest absolute Gasteiger partial charge is 0.303 e. The van der Waals surface area contributed by atoms with Gasteiger partial charge < -0.3 is 14.6 Å². The molecule has 0 atom stereocenters. The molecule has 0 aromatic heterocycles. The number of rotatable bonds is 10. The van der Waals surface area contributed by atoms with E-state index in [-0.39, 0.29) is 12.2 Å². The largest absolute Gasteiger partial charge is 0.494 e. The number of aliphatic carboxylic acids is 1. The van der Waals surface area contributed by atoms with Crippen molar-refractivity contribution in [2.75, 3.05) is 6.61 Å². The molecule has 1 rings (SSSR count). The van der Waals surface area contributed by atoms with Crippen LogP contribution in [0, 0.1) is 0 Å². The van der Waals surface area contributed by atoms with Crippen molar-refractivity contribution in [1.82, 2.24) is 0 Å². The zero-order chi connectivity index (χ0) is 14.8. The van der Waals surface area contributed by atoms with Gasteiger partial charge in [0.15, 0.2) is 0 Å². The number of carbonyl (C=O) groups is 2. The quantitative estimate of drug-likeness (QED) is 0.667. The van der Waals surface area contributed by atoms with Crippen LogP contribution < -0.4 is 4.74 Å². The summed E-state index contributed by atoms with van der Waals surface area (Å²) in [6, 6.07) is 7.77. The monoisotopic (exact) mass is 278 g/mol. The number of benzene rings is 1. The summed E-state index contributed by atoms with van der Waals surface area (Å²) in [6.07, 6.45) is 3.99. The SMILES string of the molecule is CC(=O)CCc1ccc(OCCCCCC(=O)O)cc1. The van der Waals surface area contributed by atoms with Gasteiger partial charge in [0, 0.05) is 12.8 Å². The van der Waals surface area contributed by atoms with E-state index in [0.717, 1.165) is 30.6 Å². The lowest BCUT2D eigenvalue weighted by atomic mass is 10.1. The molecule has 0 aliphatic carbocycles. The van der Waals surface area contributed by atoms with Crippen molar-refractivity contribution in [1.29, 1.82) is 0 Å². The van der Waals surface area contributed by atoms with Crippen LogP contribution >= 0.6 is 0 Å². The number of unbranched alkanes of at least 4 members (excludes halogenated alkanes) is 2. The number of carboxylic acid groups (broad SMARTS) is 1. The average Bonchev–Trinajstić information content (AvgIpc) is 2.41. The maximum Gasteiger partial charge on any atom is 0.303 e. The lowest BCUT2D eigenvalue weighted by Crippen LogP contribution is -1.99. The molecule has 0 spiro atoms. The molecule has 0 radical (unpaired) electrons. The highest BCUT2D eigenvalue weighted by atomic mass is 16.5. The van der Waals surface area contributed by atoms with Crippen molar-refractivity contribution in [3.05, 3.63) is 29.8 Å². The third kappa shape index (κ3) is 7.56. The molecular weight excluding hydrogens is 256 g/mol. The molecule has 0 amide bonds. The summed E-state index contributed by atoms with van der Waals surface area (Å²) in [7, 11) is 0. The van der Waals surface area contributed by atoms with Gasteiger partial charge in [-0.05, 0) is 50.3 Å². The zero-order valence-corrected chi connectivity index (χ0v) is 11.9. The first-order chi connectivity index (χ1) is 9.58. The van der Waals surface area contributed by atoms with E-state index in [0.29, 0.717) is 19.4 Å². The Morgan fingerprint density at radius 3 is 2.35 bits per heavy atom. The summed E-state index contributed by atoms with van der Waals surface area (Å²) < 4.78 is 5.58. The molecule has 1 aromatic rings. The zero-order valence-electron chi connectivity index (χ0n) is 11.9. The second-order valence-electron chi connectivity index (χ2n) is 4.90. The van der Waals surface area contributed by atoms with Gasteiger partial charge in [-0.15, -0.1) is 0 Å². The predicted octanol–water partition coefficient (Wildman–Crippen LogP) is 3.23. The van der Waals surface area contributed by atoms with Gasteiger partial charge in [0.2, 0.25) is 0 Å². The van der Waals surface area contributed by atoms with Crippen LogP contribution in [0.4, 0.5) is 0 Å². The first-order valence-electron chi connectivity index (χ1n) is 7.01. The van der Waals surface area contributed by atoms with Gasteiger partial charge in [0.05, 0.1) is 6.61 Å². The van der Waals surface area contributed by atoms with Crippen LogP contribution in [0.3, 0.4) is 0 Å². The van der Waals surface area contributed by atoms with Gasteiger partial charge in [-0.2, -0.15) is 0 Å². The molecule has 1 aromatic carbocycles. The van der Waals surface area contributed by atoms with Crippen molar-refractivity contribution < 1.29 is 19.4 Å². The summed E-state index contributed by atoms with van der Waals surface area (Å²) in [6.45, 7) is 2.20. The fourth-order valence-electron chi connectivity index (χ4n) is 1.82. The van der Waals surface area contributed by atoms with E-state index in [1.165, 1.54) is 0 Å². The third-order valence-corrected chi connectivity index (χ3v) is 2.99. The van der Waals surface area contributed by atoms with Crippen molar-refractivity contribution in [3.63, 3.8) is 0 Å². The molecule has 0 saturated heterocycles. The van der Waals surface area contributed by atoms with Crippen molar-refractivity contribution in [2.45, 2.75) is 45.4 Å². The molecule has 4 nitrogen and oxygen atoms in total. The standard InChI is InChI=1S/C16H22O4/c1-13(17)6-7-14-8-10-15(11-9-14)20-12-4-2-3-5-16(18)19/h8-11H,2-7,12H2,1H3,(H,18,19). The Morgan fingerprint density at radius 1 is 1.05 bits per heavy atom. The van der Waals surface area contributed by atoms with Crippen LogP contribution in [0.15, 0.2) is 24.3 Å². The number of ether oxygens (including phenoxy) is 1. The number of carbonyl (C=O) groups excluding carboxylic acids is 1. The molecule has 0 fully saturated rings. The molecule has 20 heavy (non-hydrogen) atoms. The average molecular weight is 278 g/mol. The Hall–Kier alpha value is -1.84. The highest BCUT2D eigenvalue weighted by Gasteiger charge is 1.99. The molecule has 0 bridgehead atoms. The molecule has 4 heteroatoms. The van der Waals surface area contributed by atoms with Crippen LogP contribution in [0.1, 0.15) is 44.6 Å². The summed E-state index contributed by atoms with van der Waals surface area (Å²) in [4.78, 5) is 21.2. The van der Waals surface area contributed by atoms with Crippen LogP contribution in [-0.4, -0.2) is 23.5 Å². The highest BCUT2D eigenvalue weighted by molar-refractivity contribution is 5.75. The molecule has 0 aliphatic heterocycles. The first-order valence-corrected chi connectivity index (χ1v) is 7.01. The Bertz CT molecular complexity index is 423. The van der Waals surface area contributed by atoms with Gasteiger partial charge in [-0.1, -0.05) is 12.1 Å². The van der Waals surface area contributed by atoms with E-state index in [9.17, 15) is 9.59 Å². The summed E-state index contributed by atoms with van der Waals surface area (Å²) >= 11 is 0. The number of ketones is 1. The molecule has 0 unspecified atom stereocenters. The summed E-state index contributed by atoms with van der Waals surface area (Å²) in [5, 5.41) is 8.50. The molecular formula is C16H22O4. The second kappa shape index (κ2) is 9.13. The van der Waals surface area contributed by atoms with Gasteiger partial charge in [-0.25, -0.2) is 0 Å². The Balaban J connectivity index is 2.18. The summed E-state index contributed by atoms with van der Waals surface area (Å²) in [5.74, 6) is 0.272. The van der Waals surface area contributed by atoms with E-state index in [2.05, 4.69) is 0 Å². The Morgan fingerprint density at radius 2 is 1.75 bits per heavy atom. The van der Waals surface area contributed by atoms with Crippen LogP contribution in [0.2, 0.25) is 0 Å². The molecule has 0 aliphatic rings. The van der Waals surface area contributed by atoms with Crippen LogP contribution in [-0.2, 0) is 16.0 Å². The van der Waals surface area contributed by atoms with E-state index in [4.69, 9.17) is 9.84 Å². The lowest BCUT2D eigenvalue weighted by Gasteiger charge is -2.07. The maximum atomic E-state index is 10.9. The number of Topliss-reactive ketones (excluding diaryl/α,β-unsaturated/α-hetero) is 1. The summed E-state index contributed by atoms with van der Waals surface area (Å²) in [5.41, 5.74) is 1.13. The van der Waals surface area contributed by atoms with E-state index in [1.54, 1.807) is 6.92 Å². The Labute approximate surface area is 119 Å². The van der Waals surface area contributed by atoms with Gasteiger partial charge in [0.1, 0.15) is 11.5 Å². The van der Waals surface area contributed by atoms with Crippen molar-refractivity contribution in [3.8, 4) is 5.75 Å². The topological polar surface area (TPSA) is 63.6 Å². The van der Waals surface area contributed by atoms with Gasteiger partial charge >= 0.3 is 5.97 Å². The van der Waals surface area contributed by atoms with Gasteiger partial charge in [0.25, 0.3) is 0 Å². The fourth-order valence-corrected chi connectivity index (χ4v) is 1.82. The van der Waals surface area contributed by atoms with Crippen LogP contribution in [0.5, 0.6) is 5.75 Å². The molecule has 1 N–H and O–H groups in total. The minimum atomic E-state index is -0.743. The predicted molar refractivity (Wildman–Crippen MR) is 77.0 cm³/mol. The van der Waals surface area contributed by atoms with E-state index < -0.39 is 5.97 Å². The minimum Gasteiger partial charge on any atom is -0.494 e. The van der Waals surface area contributed by atoms with Gasteiger partial charge in [-0.3, -0.25) is 4.79 Å². The fraction of sp³-hybridized carbons (Fsp3) is 0.500. The molecule has 110 valence electrons. The minimum absolute atomic E-state index is 0.201. The number of hydrogen-bond donors (Lipinski definition) is 1. The lowest BCUT2D eigenvalue weighted by molar-refractivity contribution is -0.137. The van der Waals surface area contributed by atoms with E-state index >= 15 is 0 Å². The third-order valence-electron chi connectivity index (χ3n) is 2.99. The highest BCUT2D eigenvalue weighted by Crippen LogP contribution is 2.14. The Kier molecular flexibility index (Phi) is 7.40. The second-order valence-corrected chi connectivity index (χ2v) is 4.90. The molecule has 0 saturated carbocycles. The van der Waals surface area contributed by atoms with Crippen LogP contribution in [0.25, 0.3) is 0 Å². The van der Waals surface area contributed by atoms with Crippen molar-refractivity contribution in [2.24, 2.45) is 0 Å². The number of carboxylic acids is 1. The number of aryl methyl sites for hydroxylation is 1. The maximum absolute atomic E-state index is 10.9. The number of hydrogen-bond acceptors (Lipinski definition) is 3. The van der Waals surface area contributed by atoms with E-state index in [1.807, 2.05) is 24.3 Å². The normalized spacial score (nSPS) is 10.2. The van der Waals surface area contributed by atoms with Crippen molar-refractivity contribution >= 4 is 11.8 Å².